The number of hydrogen-bond acceptors (Lipinski definition) is 6. The molecule has 0 aromatic heterocycles. The third kappa shape index (κ3) is 22.9. The van der Waals surface area contributed by atoms with Gasteiger partial charge in [0.2, 0.25) is 0 Å². The molecule has 0 heterocycles. The third-order valence-electron chi connectivity index (χ3n) is 14.1. The molecule has 0 atom stereocenters. The molecule has 392 valence electrons. The summed E-state index contributed by atoms with van der Waals surface area (Å²) in [5, 5.41) is 1.11. The minimum Gasteiger partial charge on any atom is -0.421 e. The van der Waals surface area contributed by atoms with E-state index in [0.29, 0.717) is 29.4 Å². The van der Waals surface area contributed by atoms with Crippen molar-refractivity contribution in [2.24, 2.45) is 0 Å². The lowest BCUT2D eigenvalue weighted by Gasteiger charge is -2.26. The molecule has 0 bridgehead atoms. The van der Waals surface area contributed by atoms with Gasteiger partial charge in [-0.2, -0.15) is 0 Å². The highest BCUT2D eigenvalue weighted by molar-refractivity contribution is 7.92. The number of benzene rings is 4. The molecule has 1 N–H and O–H groups in total. The van der Waals surface area contributed by atoms with Gasteiger partial charge in [-0.3, -0.25) is 14.3 Å². The van der Waals surface area contributed by atoms with Gasteiger partial charge in [0.25, 0.3) is 15.9 Å². The van der Waals surface area contributed by atoms with E-state index in [0.717, 1.165) is 38.5 Å². The van der Waals surface area contributed by atoms with Crippen LogP contribution in [0.4, 0.5) is 5.69 Å². The minimum absolute atomic E-state index is 0.00716. The van der Waals surface area contributed by atoms with E-state index in [4.69, 9.17) is 4.74 Å². The van der Waals surface area contributed by atoms with E-state index < -0.39 is 16.0 Å². The molecule has 0 saturated carbocycles. The van der Waals surface area contributed by atoms with Crippen LogP contribution in [0.15, 0.2) is 89.8 Å². The first-order valence-electron chi connectivity index (χ1n) is 28.4. The number of nitrogens with one attached hydrogen (secondary N) is 1. The maximum atomic E-state index is 15.4. The van der Waals surface area contributed by atoms with Crippen LogP contribution in [0.2, 0.25) is 0 Å². The van der Waals surface area contributed by atoms with Gasteiger partial charge in [0.1, 0.15) is 5.56 Å². The maximum absolute atomic E-state index is 15.4. The minimum atomic E-state index is -4.32. The van der Waals surface area contributed by atoms with Crippen LogP contribution in [0.3, 0.4) is 0 Å². The zero-order valence-electron chi connectivity index (χ0n) is 44.4. The molecule has 71 heavy (non-hydrogen) atoms. The van der Waals surface area contributed by atoms with E-state index >= 15 is 4.79 Å². The predicted molar refractivity (Wildman–Crippen MR) is 298 cm³/mol. The highest BCUT2D eigenvalue weighted by atomic mass is 32.2. The molecular formula is C62H92N2O6S. The fourth-order valence-electron chi connectivity index (χ4n) is 9.70. The number of rotatable bonds is 41. The number of ketones is 1. The Hall–Kier alpha value is -4.50. The van der Waals surface area contributed by atoms with Gasteiger partial charge in [0, 0.05) is 24.0 Å². The molecule has 0 spiro atoms. The van der Waals surface area contributed by atoms with Crippen molar-refractivity contribution in [3.8, 4) is 5.75 Å². The maximum Gasteiger partial charge on any atom is 0.343 e. The second-order valence-electron chi connectivity index (χ2n) is 20.2. The zero-order chi connectivity index (χ0) is 50.8. The quantitative estimate of drug-likeness (QED) is 0.0205. The number of amides is 1. The van der Waals surface area contributed by atoms with Crippen LogP contribution in [-0.4, -0.2) is 44.1 Å². The normalized spacial score (nSPS) is 11.5. The molecule has 0 saturated heterocycles. The van der Waals surface area contributed by atoms with Gasteiger partial charge >= 0.3 is 5.97 Å². The summed E-state index contributed by atoms with van der Waals surface area (Å²) >= 11 is 0. The number of nitrogens with zero attached hydrogens (tertiary/aromatic N) is 1. The molecule has 4 rings (SSSR count). The van der Waals surface area contributed by atoms with Crippen molar-refractivity contribution in [1.82, 2.24) is 4.90 Å². The SMILES string of the molecule is CCCCCCCCCCCCCCCCCCN(CCCCCCCCCCCCCCCCCC)C(=O)c1c(NS(=O)(=O)c2cccc(C(C)=O)c2)cc2ccccc2c1OC(=O)c1ccccc1. The second kappa shape index (κ2) is 35.6. The highest BCUT2D eigenvalue weighted by Gasteiger charge is 2.30. The predicted octanol–water partition coefficient (Wildman–Crippen LogP) is 18.0. The van der Waals surface area contributed by atoms with Crippen LogP contribution in [-0.2, 0) is 10.0 Å². The van der Waals surface area contributed by atoms with Crippen molar-refractivity contribution in [3.63, 3.8) is 0 Å². The van der Waals surface area contributed by atoms with Crippen LogP contribution < -0.4 is 9.46 Å². The summed E-state index contributed by atoms with van der Waals surface area (Å²) in [7, 11) is -4.32. The molecule has 0 aliphatic carbocycles. The number of hydrogen-bond donors (Lipinski definition) is 1. The van der Waals surface area contributed by atoms with Gasteiger partial charge < -0.3 is 9.64 Å². The number of ether oxygens (including phenoxy) is 1. The number of unbranched alkanes of at least 4 members (excludes halogenated alkanes) is 30. The number of sulfonamides is 1. The van der Waals surface area contributed by atoms with Crippen molar-refractivity contribution < 1.29 is 27.5 Å². The second-order valence-corrected chi connectivity index (χ2v) is 21.9. The van der Waals surface area contributed by atoms with Crippen LogP contribution in [0.1, 0.15) is 257 Å². The average Bonchev–Trinajstić information content (AvgIpc) is 3.37. The molecule has 0 aliphatic heterocycles. The van der Waals surface area contributed by atoms with Crippen molar-refractivity contribution in [3.05, 3.63) is 102 Å². The first-order chi connectivity index (χ1) is 34.7. The number of carbonyl (C=O) groups is 3. The van der Waals surface area contributed by atoms with Crippen molar-refractivity contribution >= 4 is 44.1 Å². The first-order valence-corrected chi connectivity index (χ1v) is 29.9. The summed E-state index contributed by atoms with van der Waals surface area (Å²) in [6.45, 7) is 6.93. The molecular weight excluding hydrogens is 901 g/mol. The molecule has 9 heteroatoms. The van der Waals surface area contributed by atoms with E-state index in [1.54, 1.807) is 42.5 Å². The Labute approximate surface area is 430 Å². The monoisotopic (exact) mass is 993 g/mol. The summed E-state index contributed by atoms with van der Waals surface area (Å²) in [6.07, 6.45) is 40.2. The largest absolute Gasteiger partial charge is 0.421 e. The molecule has 0 aliphatic rings. The van der Waals surface area contributed by atoms with Crippen molar-refractivity contribution in [2.45, 2.75) is 231 Å². The lowest BCUT2D eigenvalue weighted by atomic mass is 10.0. The van der Waals surface area contributed by atoms with Gasteiger partial charge in [-0.25, -0.2) is 13.2 Å². The molecule has 1 amide bonds. The van der Waals surface area contributed by atoms with Crippen LogP contribution in [0, 0.1) is 0 Å². The topological polar surface area (TPSA) is 110 Å². The van der Waals surface area contributed by atoms with Gasteiger partial charge in [-0.05, 0) is 55.5 Å². The summed E-state index contributed by atoms with van der Waals surface area (Å²) in [5.74, 6) is -1.29. The Kier molecular flexibility index (Phi) is 29.6. The van der Waals surface area contributed by atoms with E-state index in [2.05, 4.69) is 18.6 Å². The molecule has 0 radical (unpaired) electrons. The van der Waals surface area contributed by atoms with Gasteiger partial charge in [0.05, 0.1) is 16.1 Å². The number of Topliss-reactive ketones (excluding diaryl/α,β-unsaturated/α-hetero) is 1. The average molecular weight is 993 g/mol. The van der Waals surface area contributed by atoms with Crippen LogP contribution >= 0.6 is 0 Å². The summed E-state index contributed by atoms with van der Waals surface area (Å²) in [5.41, 5.74) is 0.568. The standard InChI is InChI=1S/C62H92N2O6S/c1-4-6-8-10-12-14-16-18-20-22-24-26-28-30-32-39-48-64(49-40-33-31-29-27-25-23-21-19-17-15-13-11-9-7-5-2)61(66)59-58(63-71(68,69)56-46-41-45-54(50-56)52(3)65)51-55-44-37-38-47-57(55)60(59)70-62(67)53-42-35-34-36-43-53/h34-38,41-47,50-51,63H,4-33,39-40,48-49H2,1-3H3. The lowest BCUT2D eigenvalue weighted by Crippen LogP contribution is -2.34. The van der Waals surface area contributed by atoms with Gasteiger partial charge in [-0.15, -0.1) is 0 Å². The van der Waals surface area contributed by atoms with Crippen LogP contribution in [0.25, 0.3) is 10.8 Å². The Morgan fingerprint density at radius 1 is 0.479 bits per heavy atom. The molecule has 4 aromatic carbocycles. The van der Waals surface area contributed by atoms with Crippen LogP contribution in [0.5, 0.6) is 5.75 Å². The molecule has 0 unspecified atom stereocenters. The van der Waals surface area contributed by atoms with E-state index in [9.17, 15) is 18.0 Å². The summed E-state index contributed by atoms with van der Waals surface area (Å²) < 4.78 is 37.4. The number of fused-ring (bicyclic) bond motifs is 1. The Balaban J connectivity index is 1.47. The van der Waals surface area contributed by atoms with E-state index in [1.807, 2.05) is 29.2 Å². The van der Waals surface area contributed by atoms with Gasteiger partial charge in [0.15, 0.2) is 11.5 Å². The first kappa shape index (κ1) is 59.1. The van der Waals surface area contributed by atoms with Crippen molar-refractivity contribution in [1.29, 1.82) is 0 Å². The lowest BCUT2D eigenvalue weighted by molar-refractivity contribution is 0.0715. The summed E-state index contributed by atoms with van der Waals surface area (Å²) in [6, 6.07) is 23.4. The summed E-state index contributed by atoms with van der Waals surface area (Å²) in [4.78, 5) is 43.3. The van der Waals surface area contributed by atoms with Crippen molar-refractivity contribution in [2.75, 3.05) is 17.8 Å². The Morgan fingerprint density at radius 2 is 0.887 bits per heavy atom. The van der Waals surface area contributed by atoms with Gasteiger partial charge in [-0.1, -0.05) is 261 Å². The zero-order valence-corrected chi connectivity index (χ0v) is 45.2. The van der Waals surface area contributed by atoms with E-state index in [1.165, 1.54) is 192 Å². The molecule has 8 nitrogen and oxygen atoms in total. The molecule has 4 aromatic rings. The number of esters is 1. The van der Waals surface area contributed by atoms with E-state index in [-0.39, 0.29) is 39.1 Å². The third-order valence-corrected chi connectivity index (χ3v) is 15.4. The Bertz CT molecular complexity index is 2190. The Morgan fingerprint density at radius 3 is 1.34 bits per heavy atom. The highest BCUT2D eigenvalue weighted by Crippen LogP contribution is 2.39. The number of carbonyl (C=O) groups excluding carboxylic acids is 3. The molecule has 0 fully saturated rings. The smallest absolute Gasteiger partial charge is 0.343 e. The number of anilines is 1. The fraction of sp³-hybridized carbons (Fsp3) is 0.597. The fourth-order valence-corrected chi connectivity index (χ4v) is 10.8.